The van der Waals surface area contributed by atoms with Gasteiger partial charge in [-0.25, -0.2) is 13.5 Å². The number of aromatic nitrogens is 3. The van der Waals surface area contributed by atoms with Gasteiger partial charge in [-0.1, -0.05) is 5.21 Å². The average Bonchev–Trinajstić information content (AvgIpc) is 2.32. The summed E-state index contributed by atoms with van der Waals surface area (Å²) in [6.45, 7) is 3.04. The molecule has 1 rings (SSSR count). The molecule has 0 saturated heterocycles. The first-order chi connectivity index (χ1) is 5.89. The fraction of sp³-hybridized carbons (Fsp3) is 0.714. The Labute approximate surface area is 74.7 Å². The SMILES string of the molecule is CC(C)(N)c1cn(CC(F)F)nn1. The van der Waals surface area contributed by atoms with Crippen LogP contribution >= 0.6 is 0 Å². The largest absolute Gasteiger partial charge is 0.320 e. The third kappa shape index (κ3) is 2.73. The number of halogens is 2. The zero-order valence-corrected chi connectivity index (χ0v) is 7.54. The molecular weight excluding hydrogens is 178 g/mol. The van der Waals surface area contributed by atoms with Gasteiger partial charge >= 0.3 is 0 Å². The Bertz CT molecular complexity index is 276. The molecule has 0 radical (unpaired) electrons. The van der Waals surface area contributed by atoms with E-state index in [1.165, 1.54) is 6.20 Å². The third-order valence-corrected chi connectivity index (χ3v) is 1.52. The molecule has 0 atom stereocenters. The Kier molecular flexibility index (Phi) is 2.60. The molecule has 1 aromatic heterocycles. The highest BCUT2D eigenvalue weighted by Gasteiger charge is 2.18. The highest BCUT2D eigenvalue weighted by molar-refractivity contribution is 5.05. The van der Waals surface area contributed by atoms with Gasteiger partial charge in [-0.2, -0.15) is 0 Å². The zero-order valence-electron chi connectivity index (χ0n) is 7.54. The van der Waals surface area contributed by atoms with Crippen molar-refractivity contribution in [2.75, 3.05) is 0 Å². The molecule has 0 aliphatic heterocycles. The van der Waals surface area contributed by atoms with Gasteiger partial charge < -0.3 is 5.73 Å². The zero-order chi connectivity index (χ0) is 10.1. The van der Waals surface area contributed by atoms with E-state index < -0.39 is 18.5 Å². The predicted molar refractivity (Wildman–Crippen MR) is 43.2 cm³/mol. The quantitative estimate of drug-likeness (QED) is 0.764. The second-order valence-corrected chi connectivity index (χ2v) is 3.44. The minimum atomic E-state index is -2.42. The van der Waals surface area contributed by atoms with Crippen LogP contribution in [-0.4, -0.2) is 21.4 Å². The summed E-state index contributed by atoms with van der Waals surface area (Å²) in [6.07, 6.45) is -0.984. The van der Waals surface area contributed by atoms with Crippen LogP contribution in [0.5, 0.6) is 0 Å². The van der Waals surface area contributed by atoms with E-state index in [-0.39, 0.29) is 0 Å². The Balaban J connectivity index is 2.75. The van der Waals surface area contributed by atoms with E-state index in [0.717, 1.165) is 4.68 Å². The Morgan fingerprint density at radius 2 is 2.23 bits per heavy atom. The fourth-order valence-corrected chi connectivity index (χ4v) is 0.824. The fourth-order valence-electron chi connectivity index (χ4n) is 0.824. The first kappa shape index (κ1) is 10.0. The van der Waals surface area contributed by atoms with Gasteiger partial charge in [-0.05, 0) is 13.8 Å². The van der Waals surface area contributed by atoms with Crippen LogP contribution in [0.2, 0.25) is 0 Å². The molecule has 1 aromatic rings. The van der Waals surface area contributed by atoms with Gasteiger partial charge in [0.2, 0.25) is 0 Å². The minimum absolute atomic E-state index is 0.441. The topological polar surface area (TPSA) is 56.7 Å². The standard InChI is InChI=1S/C7H12F2N4/c1-7(2,10)5-3-13(12-11-5)4-6(8)9/h3,6H,4,10H2,1-2H3. The number of nitrogens with two attached hydrogens (primary N) is 1. The lowest BCUT2D eigenvalue weighted by Crippen LogP contribution is -2.29. The van der Waals surface area contributed by atoms with Gasteiger partial charge in [0, 0.05) is 0 Å². The van der Waals surface area contributed by atoms with Crippen LogP contribution in [0.15, 0.2) is 6.20 Å². The molecule has 0 unspecified atom stereocenters. The maximum atomic E-state index is 11.9. The molecule has 2 N–H and O–H groups in total. The van der Waals surface area contributed by atoms with Crippen molar-refractivity contribution < 1.29 is 8.78 Å². The van der Waals surface area contributed by atoms with Gasteiger partial charge in [0.15, 0.2) is 0 Å². The molecule has 0 amide bonds. The van der Waals surface area contributed by atoms with Gasteiger partial charge in [0.1, 0.15) is 12.2 Å². The lowest BCUT2D eigenvalue weighted by atomic mass is 10.0. The summed E-state index contributed by atoms with van der Waals surface area (Å²) in [5.74, 6) is 0. The van der Waals surface area contributed by atoms with Crippen LogP contribution in [0.25, 0.3) is 0 Å². The van der Waals surface area contributed by atoms with Gasteiger partial charge in [0.25, 0.3) is 6.43 Å². The molecule has 6 heteroatoms. The Hall–Kier alpha value is -1.04. The smallest absolute Gasteiger partial charge is 0.257 e. The highest BCUT2D eigenvalue weighted by Crippen LogP contribution is 2.12. The molecule has 74 valence electrons. The van der Waals surface area contributed by atoms with Crippen molar-refractivity contribution >= 4 is 0 Å². The Morgan fingerprint density at radius 3 is 2.62 bits per heavy atom. The van der Waals surface area contributed by atoms with Crippen molar-refractivity contribution in [1.82, 2.24) is 15.0 Å². The van der Waals surface area contributed by atoms with Crippen LogP contribution in [0.4, 0.5) is 8.78 Å². The average molecular weight is 190 g/mol. The lowest BCUT2D eigenvalue weighted by molar-refractivity contribution is 0.121. The van der Waals surface area contributed by atoms with Crippen LogP contribution in [0.3, 0.4) is 0 Å². The van der Waals surface area contributed by atoms with Crippen molar-refractivity contribution in [3.8, 4) is 0 Å². The molecule has 4 nitrogen and oxygen atoms in total. The summed E-state index contributed by atoms with van der Waals surface area (Å²) < 4.78 is 24.9. The van der Waals surface area contributed by atoms with E-state index in [9.17, 15) is 8.78 Å². The molecule has 0 spiro atoms. The highest BCUT2D eigenvalue weighted by atomic mass is 19.3. The molecule has 0 aliphatic rings. The van der Waals surface area contributed by atoms with Crippen molar-refractivity contribution in [3.63, 3.8) is 0 Å². The summed E-state index contributed by atoms with van der Waals surface area (Å²) in [5, 5.41) is 7.22. The van der Waals surface area contributed by atoms with Crippen molar-refractivity contribution in [1.29, 1.82) is 0 Å². The predicted octanol–water partition coefficient (Wildman–Crippen LogP) is 0.737. The molecule has 1 heterocycles. The van der Waals surface area contributed by atoms with E-state index in [0.29, 0.717) is 5.69 Å². The number of rotatable bonds is 3. The number of hydrogen-bond acceptors (Lipinski definition) is 3. The second-order valence-electron chi connectivity index (χ2n) is 3.44. The first-order valence-electron chi connectivity index (χ1n) is 3.87. The minimum Gasteiger partial charge on any atom is -0.320 e. The summed E-state index contributed by atoms with van der Waals surface area (Å²) in [6, 6.07) is 0. The van der Waals surface area contributed by atoms with E-state index in [1.807, 2.05) is 0 Å². The van der Waals surface area contributed by atoms with Gasteiger partial charge in [0.05, 0.1) is 11.7 Å². The molecule has 0 aromatic carbocycles. The molecule has 0 bridgehead atoms. The van der Waals surface area contributed by atoms with E-state index in [1.54, 1.807) is 13.8 Å². The van der Waals surface area contributed by atoms with Crippen LogP contribution in [-0.2, 0) is 12.1 Å². The number of nitrogens with zero attached hydrogens (tertiary/aromatic N) is 3. The molecular formula is C7H12F2N4. The first-order valence-corrected chi connectivity index (χ1v) is 3.87. The van der Waals surface area contributed by atoms with E-state index in [2.05, 4.69) is 10.3 Å². The summed E-state index contributed by atoms with van der Waals surface area (Å²) in [7, 11) is 0. The van der Waals surface area contributed by atoms with E-state index in [4.69, 9.17) is 5.73 Å². The monoisotopic (exact) mass is 190 g/mol. The maximum absolute atomic E-state index is 11.9. The van der Waals surface area contributed by atoms with Crippen LogP contribution < -0.4 is 5.73 Å². The molecule has 0 fully saturated rings. The Morgan fingerprint density at radius 1 is 1.62 bits per heavy atom. The third-order valence-electron chi connectivity index (χ3n) is 1.52. The normalized spacial score (nSPS) is 12.5. The lowest BCUT2D eigenvalue weighted by Gasteiger charge is -2.13. The van der Waals surface area contributed by atoms with Crippen molar-refractivity contribution in [2.45, 2.75) is 32.4 Å². The summed E-state index contributed by atoms with van der Waals surface area (Å²) in [4.78, 5) is 0. The summed E-state index contributed by atoms with van der Waals surface area (Å²) in [5.41, 5.74) is 5.57. The second kappa shape index (κ2) is 3.37. The number of alkyl halides is 2. The molecule has 0 aliphatic carbocycles. The van der Waals surface area contributed by atoms with Gasteiger partial charge in [-0.3, -0.25) is 0 Å². The van der Waals surface area contributed by atoms with Crippen molar-refractivity contribution in [3.05, 3.63) is 11.9 Å². The molecule has 0 saturated carbocycles. The molecule has 13 heavy (non-hydrogen) atoms. The maximum Gasteiger partial charge on any atom is 0.257 e. The van der Waals surface area contributed by atoms with Crippen LogP contribution in [0.1, 0.15) is 19.5 Å². The number of hydrogen-bond donors (Lipinski definition) is 1. The van der Waals surface area contributed by atoms with Gasteiger partial charge in [-0.15, -0.1) is 5.10 Å². The summed E-state index contributed by atoms with van der Waals surface area (Å²) >= 11 is 0. The van der Waals surface area contributed by atoms with E-state index >= 15 is 0 Å². The van der Waals surface area contributed by atoms with Crippen LogP contribution in [0, 0.1) is 0 Å². The van der Waals surface area contributed by atoms with Crippen molar-refractivity contribution in [2.24, 2.45) is 5.73 Å².